The summed E-state index contributed by atoms with van der Waals surface area (Å²) in [6, 6.07) is 6.79. The van der Waals surface area contributed by atoms with Crippen molar-refractivity contribution in [2.24, 2.45) is 0 Å². The number of carbonyl (C=O) groups excluding carboxylic acids is 1. The number of fused-ring (bicyclic) bond motifs is 6. The maximum Gasteiger partial charge on any atom is 0.259 e. The van der Waals surface area contributed by atoms with Gasteiger partial charge in [0.2, 0.25) is 6.79 Å². The Morgan fingerprint density at radius 3 is 2.33 bits per heavy atom. The summed E-state index contributed by atoms with van der Waals surface area (Å²) in [5, 5.41) is 13.0. The van der Waals surface area contributed by atoms with Crippen molar-refractivity contribution in [1.29, 1.82) is 0 Å². The molecule has 0 bridgehead atoms. The van der Waals surface area contributed by atoms with Crippen LogP contribution in [0.1, 0.15) is 22.3 Å². The van der Waals surface area contributed by atoms with E-state index in [1.165, 1.54) is 14.2 Å². The zero-order valence-electron chi connectivity index (χ0n) is 20.2. The second-order valence-electron chi connectivity index (χ2n) is 8.45. The summed E-state index contributed by atoms with van der Waals surface area (Å²) in [6.45, 7) is 2.56. The minimum Gasteiger partial charge on any atom is -0.493 e. The van der Waals surface area contributed by atoms with Crippen LogP contribution in [-0.4, -0.2) is 69.4 Å². The molecular weight excluding hydrogens is 468 g/mol. The topological polar surface area (TPSA) is 117 Å². The fourth-order valence-electron chi connectivity index (χ4n) is 4.75. The number of aromatic nitrogens is 1. The van der Waals surface area contributed by atoms with Crippen LogP contribution >= 0.6 is 0 Å². The number of hydrogen-bond donors (Lipinski definition) is 2. The lowest BCUT2D eigenvalue weighted by Gasteiger charge is -2.17. The van der Waals surface area contributed by atoms with E-state index in [2.05, 4.69) is 5.32 Å². The summed E-state index contributed by atoms with van der Waals surface area (Å²) < 4.78 is 28.9. The van der Waals surface area contributed by atoms with Crippen molar-refractivity contribution in [1.82, 2.24) is 9.88 Å². The quantitative estimate of drug-likeness (QED) is 0.301. The van der Waals surface area contributed by atoms with E-state index in [4.69, 9.17) is 28.8 Å². The summed E-state index contributed by atoms with van der Waals surface area (Å²) in [6.07, 6.45) is 0.652. The van der Waals surface area contributed by atoms with Crippen LogP contribution < -0.4 is 29.8 Å². The lowest BCUT2D eigenvalue weighted by atomic mass is 10.0. The zero-order chi connectivity index (χ0) is 25.2. The third-order valence-electron chi connectivity index (χ3n) is 6.41. The first-order chi connectivity index (χ1) is 17.6. The van der Waals surface area contributed by atoms with Crippen molar-refractivity contribution in [3.63, 3.8) is 0 Å². The molecule has 10 heteroatoms. The molecule has 0 saturated carbocycles. The molecule has 5 rings (SSSR count). The molecule has 2 heterocycles. The molecule has 0 fully saturated rings. The number of pyridine rings is 1. The molecule has 1 aromatic heterocycles. The van der Waals surface area contributed by atoms with Crippen LogP contribution in [-0.2, 0) is 11.3 Å². The van der Waals surface area contributed by atoms with E-state index in [0.29, 0.717) is 95.4 Å². The van der Waals surface area contributed by atoms with Gasteiger partial charge in [0.05, 0.1) is 50.7 Å². The van der Waals surface area contributed by atoms with Crippen LogP contribution in [0.4, 0.5) is 0 Å². The van der Waals surface area contributed by atoms with E-state index >= 15 is 0 Å². The second kappa shape index (κ2) is 10.2. The van der Waals surface area contributed by atoms with Gasteiger partial charge in [0, 0.05) is 29.6 Å². The van der Waals surface area contributed by atoms with Gasteiger partial charge in [-0.3, -0.25) is 9.59 Å². The number of nitrogens with zero attached hydrogens (tertiary/aromatic N) is 1. The maximum absolute atomic E-state index is 13.8. The highest BCUT2D eigenvalue weighted by molar-refractivity contribution is 6.27. The number of rotatable bonds is 11. The molecule has 190 valence electrons. The summed E-state index contributed by atoms with van der Waals surface area (Å²) in [5.74, 6) is 1.74. The number of carbonyl (C=O) groups is 1. The van der Waals surface area contributed by atoms with Crippen LogP contribution in [0, 0.1) is 0 Å². The summed E-state index contributed by atoms with van der Waals surface area (Å²) in [7, 11) is 3.02. The zero-order valence-corrected chi connectivity index (χ0v) is 20.2. The van der Waals surface area contributed by atoms with Gasteiger partial charge in [-0.05, 0) is 37.2 Å². The fourth-order valence-corrected chi connectivity index (χ4v) is 4.75. The standard InChI is InChI=1S/C26H28N2O8/c1-32-19-10-15-18(13-20(19)33-2)26(31)28(6-3-4-27-5-8-34-9-7-29)24-16-11-21-22(36-14-35-21)12-17(16)25(30)23(15)24/h10-13,27,29H,3-9,14H2,1-2H3. The van der Waals surface area contributed by atoms with Crippen LogP contribution in [0.5, 0.6) is 23.0 Å². The number of aliphatic hydroxyl groups excluding tert-OH is 1. The molecule has 0 radical (unpaired) electrons. The predicted molar refractivity (Wildman–Crippen MR) is 132 cm³/mol. The van der Waals surface area contributed by atoms with Crippen molar-refractivity contribution in [3.8, 4) is 34.3 Å². The number of nitrogens with one attached hydrogen (secondary N) is 1. The van der Waals surface area contributed by atoms with Crippen molar-refractivity contribution < 1.29 is 33.6 Å². The molecule has 2 aromatic carbocycles. The molecule has 1 aliphatic heterocycles. The molecule has 10 nitrogen and oxygen atoms in total. The molecule has 0 amide bonds. The number of benzene rings is 2. The van der Waals surface area contributed by atoms with Gasteiger partial charge in [-0.15, -0.1) is 0 Å². The normalized spacial score (nSPS) is 13.2. The summed E-state index contributed by atoms with van der Waals surface area (Å²) in [4.78, 5) is 27.5. The van der Waals surface area contributed by atoms with Gasteiger partial charge >= 0.3 is 0 Å². The predicted octanol–water partition coefficient (Wildman–Crippen LogP) is 1.95. The van der Waals surface area contributed by atoms with Crippen LogP contribution in [0.25, 0.3) is 22.0 Å². The van der Waals surface area contributed by atoms with E-state index in [-0.39, 0.29) is 24.7 Å². The molecule has 3 aromatic rings. The molecule has 36 heavy (non-hydrogen) atoms. The first-order valence-corrected chi connectivity index (χ1v) is 11.8. The van der Waals surface area contributed by atoms with E-state index in [9.17, 15) is 9.59 Å². The molecular formula is C26H28N2O8. The molecule has 2 N–H and O–H groups in total. The Labute approximate surface area is 207 Å². The average Bonchev–Trinajstić information content (AvgIpc) is 3.47. The number of hydrogen-bond acceptors (Lipinski definition) is 9. The largest absolute Gasteiger partial charge is 0.493 e. The lowest BCUT2D eigenvalue weighted by molar-refractivity contribution is 0.0939. The number of methoxy groups -OCH3 is 2. The van der Waals surface area contributed by atoms with Crippen LogP contribution in [0.3, 0.4) is 0 Å². The number of ketones is 1. The van der Waals surface area contributed by atoms with Crippen molar-refractivity contribution in [2.75, 3.05) is 53.9 Å². The van der Waals surface area contributed by atoms with E-state index in [1.54, 1.807) is 28.8 Å². The van der Waals surface area contributed by atoms with Crippen molar-refractivity contribution in [2.45, 2.75) is 13.0 Å². The van der Waals surface area contributed by atoms with Crippen LogP contribution in [0.2, 0.25) is 0 Å². The highest BCUT2D eigenvalue weighted by Crippen LogP contribution is 2.46. The highest BCUT2D eigenvalue weighted by Gasteiger charge is 2.35. The van der Waals surface area contributed by atoms with Gasteiger partial charge in [0.15, 0.2) is 28.8 Å². The van der Waals surface area contributed by atoms with Crippen LogP contribution in [0.15, 0.2) is 29.1 Å². The van der Waals surface area contributed by atoms with Gasteiger partial charge in [-0.2, -0.15) is 0 Å². The minimum atomic E-state index is -0.214. The number of aliphatic hydroxyl groups is 1. The first-order valence-electron chi connectivity index (χ1n) is 11.8. The molecule has 0 saturated heterocycles. The maximum atomic E-state index is 13.8. The van der Waals surface area contributed by atoms with Gasteiger partial charge in [0.25, 0.3) is 5.56 Å². The third kappa shape index (κ3) is 4.06. The van der Waals surface area contributed by atoms with Crippen molar-refractivity contribution in [3.05, 3.63) is 45.7 Å². The summed E-state index contributed by atoms with van der Waals surface area (Å²) in [5.41, 5.74) is 1.94. The first kappa shape index (κ1) is 24.1. The van der Waals surface area contributed by atoms with E-state index in [0.717, 1.165) is 0 Å². The van der Waals surface area contributed by atoms with Gasteiger partial charge in [-0.25, -0.2) is 0 Å². The Bertz CT molecular complexity index is 1380. The Kier molecular flexibility index (Phi) is 6.82. The molecule has 0 atom stereocenters. The molecule has 2 aliphatic rings. The van der Waals surface area contributed by atoms with Crippen molar-refractivity contribution >= 4 is 16.6 Å². The van der Waals surface area contributed by atoms with E-state index in [1.807, 2.05) is 0 Å². The molecule has 1 aliphatic carbocycles. The Balaban J connectivity index is 1.57. The summed E-state index contributed by atoms with van der Waals surface area (Å²) >= 11 is 0. The van der Waals surface area contributed by atoms with E-state index < -0.39 is 0 Å². The lowest BCUT2D eigenvalue weighted by Crippen LogP contribution is -2.27. The minimum absolute atomic E-state index is 0.00673. The Hall–Kier alpha value is -3.60. The monoisotopic (exact) mass is 496 g/mol. The SMILES string of the molecule is COc1cc2c3c(n(CCCNCCOCCO)c(=O)c2cc1OC)-c1cc2c(cc1C3=O)OCO2. The second-order valence-corrected chi connectivity index (χ2v) is 8.45. The smallest absolute Gasteiger partial charge is 0.259 e. The number of ether oxygens (including phenoxy) is 5. The molecule has 0 spiro atoms. The van der Waals surface area contributed by atoms with Gasteiger partial charge < -0.3 is 38.7 Å². The fraction of sp³-hybridized carbons (Fsp3) is 0.385. The Morgan fingerprint density at radius 1 is 0.944 bits per heavy atom. The van der Waals surface area contributed by atoms with Gasteiger partial charge in [-0.1, -0.05) is 0 Å². The Morgan fingerprint density at radius 2 is 1.64 bits per heavy atom. The highest BCUT2D eigenvalue weighted by atomic mass is 16.7. The molecule has 0 unspecified atom stereocenters. The average molecular weight is 497 g/mol. The van der Waals surface area contributed by atoms with Gasteiger partial charge in [0.1, 0.15) is 0 Å². The third-order valence-corrected chi connectivity index (χ3v) is 6.41.